The van der Waals surface area contributed by atoms with Crippen molar-refractivity contribution >= 4 is 11.9 Å². The highest BCUT2D eigenvalue weighted by molar-refractivity contribution is 5.80. The normalized spacial score (nSPS) is 15.0. The smallest absolute Gasteiger partial charge is 0.269 e. The van der Waals surface area contributed by atoms with E-state index in [0.717, 1.165) is 37.3 Å². The second-order valence-corrected chi connectivity index (χ2v) is 6.62. The summed E-state index contributed by atoms with van der Waals surface area (Å²) in [4.78, 5) is 12.6. The fourth-order valence-electron chi connectivity index (χ4n) is 2.82. The molecule has 0 unspecified atom stereocenters. The van der Waals surface area contributed by atoms with E-state index in [2.05, 4.69) is 22.1 Å². The SMILES string of the molecule is COc1cc(/C=N\N2CCN(C)CC2)ccc1OCc1ccc([N+](=O)[O-])cc1. The molecule has 0 aliphatic carbocycles. The van der Waals surface area contributed by atoms with Gasteiger partial charge in [-0.1, -0.05) is 0 Å². The number of nitro benzene ring substituents is 1. The van der Waals surface area contributed by atoms with Crippen molar-refractivity contribution in [2.24, 2.45) is 5.10 Å². The van der Waals surface area contributed by atoms with Crippen LogP contribution in [0.1, 0.15) is 11.1 Å². The van der Waals surface area contributed by atoms with Crippen molar-refractivity contribution in [3.8, 4) is 11.5 Å². The lowest BCUT2D eigenvalue weighted by atomic mass is 10.2. The van der Waals surface area contributed by atoms with Crippen LogP contribution in [0.4, 0.5) is 5.69 Å². The Bertz CT molecular complexity index is 831. The maximum absolute atomic E-state index is 10.7. The molecule has 0 saturated carbocycles. The van der Waals surface area contributed by atoms with Crippen LogP contribution in [0.2, 0.25) is 0 Å². The highest BCUT2D eigenvalue weighted by Gasteiger charge is 2.11. The van der Waals surface area contributed by atoms with Crippen molar-refractivity contribution in [1.29, 1.82) is 0 Å². The van der Waals surface area contributed by atoms with E-state index in [9.17, 15) is 10.1 Å². The number of nitrogens with zero attached hydrogens (tertiary/aromatic N) is 4. The number of methoxy groups -OCH3 is 1. The van der Waals surface area contributed by atoms with Crippen molar-refractivity contribution in [1.82, 2.24) is 9.91 Å². The Morgan fingerprint density at radius 3 is 2.46 bits per heavy atom. The zero-order valence-corrected chi connectivity index (χ0v) is 16.1. The maximum atomic E-state index is 10.7. The second-order valence-electron chi connectivity index (χ2n) is 6.62. The van der Waals surface area contributed by atoms with Crippen LogP contribution < -0.4 is 9.47 Å². The maximum Gasteiger partial charge on any atom is 0.269 e. The Hall–Kier alpha value is -3.13. The predicted octanol–water partition coefficient (Wildman–Crippen LogP) is 2.76. The Morgan fingerprint density at radius 2 is 1.82 bits per heavy atom. The molecular weight excluding hydrogens is 360 g/mol. The molecule has 148 valence electrons. The summed E-state index contributed by atoms with van der Waals surface area (Å²) in [6.07, 6.45) is 1.83. The van der Waals surface area contributed by atoms with Crippen LogP contribution in [0.25, 0.3) is 0 Å². The second kappa shape index (κ2) is 9.18. The molecule has 0 radical (unpaired) electrons. The van der Waals surface area contributed by atoms with Gasteiger partial charge in [-0.25, -0.2) is 0 Å². The molecule has 8 nitrogen and oxygen atoms in total. The van der Waals surface area contributed by atoms with E-state index < -0.39 is 4.92 Å². The van der Waals surface area contributed by atoms with Crippen LogP contribution >= 0.6 is 0 Å². The lowest BCUT2D eigenvalue weighted by Crippen LogP contribution is -2.41. The van der Waals surface area contributed by atoms with E-state index in [4.69, 9.17) is 9.47 Å². The molecule has 0 amide bonds. The van der Waals surface area contributed by atoms with Gasteiger partial charge >= 0.3 is 0 Å². The molecule has 1 aliphatic heterocycles. The third-order valence-electron chi connectivity index (χ3n) is 4.58. The van der Waals surface area contributed by atoms with E-state index in [0.29, 0.717) is 18.1 Å². The molecule has 8 heteroatoms. The molecule has 0 atom stereocenters. The topological polar surface area (TPSA) is 80.4 Å². The van der Waals surface area contributed by atoms with Crippen LogP contribution in [0, 0.1) is 10.1 Å². The Balaban J connectivity index is 1.61. The molecule has 0 aromatic heterocycles. The van der Waals surface area contributed by atoms with Gasteiger partial charge in [-0.05, 0) is 48.5 Å². The number of non-ortho nitro benzene ring substituents is 1. The molecule has 1 heterocycles. The Kier molecular flexibility index (Phi) is 6.44. The van der Waals surface area contributed by atoms with Crippen molar-refractivity contribution < 1.29 is 14.4 Å². The van der Waals surface area contributed by atoms with Gasteiger partial charge in [0, 0.05) is 38.3 Å². The fourth-order valence-corrected chi connectivity index (χ4v) is 2.82. The van der Waals surface area contributed by atoms with Gasteiger partial charge < -0.3 is 14.4 Å². The van der Waals surface area contributed by atoms with Crippen LogP contribution in [-0.2, 0) is 6.61 Å². The number of hydrogen-bond donors (Lipinski definition) is 0. The summed E-state index contributed by atoms with van der Waals surface area (Å²) in [5.74, 6) is 1.22. The van der Waals surface area contributed by atoms with Gasteiger partial charge in [0.15, 0.2) is 11.5 Å². The minimum atomic E-state index is -0.421. The van der Waals surface area contributed by atoms with Gasteiger partial charge in [0.05, 0.1) is 18.2 Å². The van der Waals surface area contributed by atoms with E-state index in [1.165, 1.54) is 12.1 Å². The summed E-state index contributed by atoms with van der Waals surface area (Å²) >= 11 is 0. The molecule has 2 aromatic carbocycles. The number of likely N-dealkylation sites (N-methyl/N-ethyl adjacent to an activating group) is 1. The molecular formula is C20H24N4O4. The zero-order valence-electron chi connectivity index (χ0n) is 16.1. The van der Waals surface area contributed by atoms with E-state index in [-0.39, 0.29) is 5.69 Å². The number of hydrogen-bond acceptors (Lipinski definition) is 7. The molecule has 1 fully saturated rings. The number of nitro groups is 1. The molecule has 0 bridgehead atoms. The minimum absolute atomic E-state index is 0.0605. The number of piperazine rings is 1. The summed E-state index contributed by atoms with van der Waals surface area (Å²) in [7, 11) is 3.71. The monoisotopic (exact) mass is 384 g/mol. The summed E-state index contributed by atoms with van der Waals surface area (Å²) in [6.45, 7) is 4.15. The van der Waals surface area contributed by atoms with Crippen molar-refractivity contribution in [2.45, 2.75) is 6.61 Å². The van der Waals surface area contributed by atoms with Crippen LogP contribution in [0.5, 0.6) is 11.5 Å². The molecule has 1 saturated heterocycles. The van der Waals surface area contributed by atoms with E-state index in [1.54, 1.807) is 19.2 Å². The standard InChI is InChI=1S/C20H24N4O4/c1-22-9-11-23(12-10-22)21-14-17-5-8-19(20(13-17)27-2)28-15-16-3-6-18(7-4-16)24(25)26/h3-8,13-14H,9-12,15H2,1-2H3/b21-14-. The van der Waals surface area contributed by atoms with Gasteiger partial charge in [-0.2, -0.15) is 5.10 Å². The van der Waals surface area contributed by atoms with Crippen molar-refractivity contribution in [3.63, 3.8) is 0 Å². The first-order valence-electron chi connectivity index (χ1n) is 9.07. The Morgan fingerprint density at radius 1 is 1.11 bits per heavy atom. The minimum Gasteiger partial charge on any atom is -0.493 e. The first-order valence-corrected chi connectivity index (χ1v) is 9.07. The van der Waals surface area contributed by atoms with Crippen molar-refractivity contribution in [2.75, 3.05) is 40.3 Å². The average molecular weight is 384 g/mol. The number of benzene rings is 2. The summed E-state index contributed by atoms with van der Waals surface area (Å²) < 4.78 is 11.3. The quantitative estimate of drug-likeness (QED) is 0.415. The third-order valence-corrected chi connectivity index (χ3v) is 4.58. The molecule has 2 aromatic rings. The van der Waals surface area contributed by atoms with Gasteiger partial charge in [-0.15, -0.1) is 0 Å². The molecule has 0 spiro atoms. The van der Waals surface area contributed by atoms with E-state index in [1.807, 2.05) is 24.4 Å². The fraction of sp³-hybridized carbons (Fsp3) is 0.350. The van der Waals surface area contributed by atoms with Gasteiger partial charge in [0.25, 0.3) is 5.69 Å². The summed E-state index contributed by atoms with van der Waals surface area (Å²) in [5.41, 5.74) is 1.83. The average Bonchev–Trinajstić information content (AvgIpc) is 2.72. The predicted molar refractivity (Wildman–Crippen MR) is 107 cm³/mol. The van der Waals surface area contributed by atoms with Crippen LogP contribution in [-0.4, -0.2) is 61.4 Å². The third kappa shape index (κ3) is 5.20. The summed E-state index contributed by atoms with van der Waals surface area (Å²) in [5, 5.41) is 17.3. The molecule has 1 aliphatic rings. The lowest BCUT2D eigenvalue weighted by molar-refractivity contribution is -0.384. The number of hydrazone groups is 1. The first-order chi connectivity index (χ1) is 13.5. The molecule has 3 rings (SSSR count). The molecule has 28 heavy (non-hydrogen) atoms. The van der Waals surface area contributed by atoms with E-state index >= 15 is 0 Å². The summed E-state index contributed by atoms with van der Waals surface area (Å²) in [6, 6.07) is 11.9. The van der Waals surface area contributed by atoms with Gasteiger partial charge in [-0.3, -0.25) is 15.1 Å². The van der Waals surface area contributed by atoms with Gasteiger partial charge in [0.1, 0.15) is 6.61 Å². The van der Waals surface area contributed by atoms with Crippen LogP contribution in [0.3, 0.4) is 0 Å². The van der Waals surface area contributed by atoms with Crippen molar-refractivity contribution in [3.05, 3.63) is 63.7 Å². The highest BCUT2D eigenvalue weighted by atomic mass is 16.6. The van der Waals surface area contributed by atoms with Crippen LogP contribution in [0.15, 0.2) is 47.6 Å². The zero-order chi connectivity index (χ0) is 19.9. The lowest BCUT2D eigenvalue weighted by Gasteiger charge is -2.30. The highest BCUT2D eigenvalue weighted by Crippen LogP contribution is 2.28. The first kappa shape index (κ1) is 19.6. The largest absolute Gasteiger partial charge is 0.493 e. The molecule has 0 N–H and O–H groups in total. The van der Waals surface area contributed by atoms with Gasteiger partial charge in [0.2, 0.25) is 0 Å². The number of ether oxygens (including phenoxy) is 2. The number of rotatable bonds is 7. The Labute approximate surface area is 164 Å².